The molecule has 7 nitrogen and oxygen atoms in total. The molecule has 0 unspecified atom stereocenters. The number of hydrogen-bond acceptors (Lipinski definition) is 5. The van der Waals surface area contributed by atoms with E-state index in [1.165, 1.54) is 24.9 Å². The van der Waals surface area contributed by atoms with Crippen LogP contribution in [0.4, 0.5) is 11.4 Å². The molecule has 0 spiro atoms. The second-order valence-corrected chi connectivity index (χ2v) is 7.68. The largest absolute Gasteiger partial charge is 0.369 e. The van der Waals surface area contributed by atoms with Crippen LogP contribution >= 0.6 is 0 Å². The number of nitrogens with zero attached hydrogens (tertiary/aromatic N) is 3. The molecule has 0 aromatic heterocycles. The fourth-order valence-electron chi connectivity index (χ4n) is 3.84. The Labute approximate surface area is 169 Å². The van der Waals surface area contributed by atoms with Gasteiger partial charge in [-0.3, -0.25) is 19.3 Å². The van der Waals surface area contributed by atoms with Crippen molar-refractivity contribution in [2.24, 2.45) is 0 Å². The van der Waals surface area contributed by atoms with Crippen molar-refractivity contribution in [3.05, 3.63) is 58.7 Å². The second kappa shape index (κ2) is 7.33. The molecular weight excluding hydrogens is 368 g/mol. The standard InChI is InChI=1S/C22H24N4O3/c1-14-12-16(5-7-19(14)26-10-8-24(2)9-11-26)23-20(27)15-4-6-17-18(13-15)22(29)25(3)21(17)28/h4-7,12-13H,8-11H2,1-3H3,(H,23,27). The van der Waals surface area contributed by atoms with E-state index in [-0.39, 0.29) is 23.3 Å². The van der Waals surface area contributed by atoms with Crippen LogP contribution in [0.25, 0.3) is 0 Å². The molecular formula is C22H24N4O3. The van der Waals surface area contributed by atoms with E-state index in [0.717, 1.165) is 36.6 Å². The summed E-state index contributed by atoms with van der Waals surface area (Å²) in [5.74, 6) is -1.03. The van der Waals surface area contributed by atoms with E-state index in [1.54, 1.807) is 6.07 Å². The lowest BCUT2D eigenvalue weighted by Gasteiger charge is -2.35. The third-order valence-corrected chi connectivity index (χ3v) is 5.65. The minimum Gasteiger partial charge on any atom is -0.369 e. The molecule has 29 heavy (non-hydrogen) atoms. The van der Waals surface area contributed by atoms with E-state index >= 15 is 0 Å². The van der Waals surface area contributed by atoms with Gasteiger partial charge in [0.25, 0.3) is 17.7 Å². The van der Waals surface area contributed by atoms with Crippen LogP contribution in [-0.4, -0.2) is 67.8 Å². The molecule has 2 aliphatic heterocycles. The topological polar surface area (TPSA) is 73.0 Å². The number of hydrogen-bond donors (Lipinski definition) is 1. The average Bonchev–Trinajstić information content (AvgIpc) is 2.93. The molecule has 0 atom stereocenters. The maximum absolute atomic E-state index is 12.7. The minimum atomic E-state index is -0.382. The van der Waals surface area contributed by atoms with E-state index in [0.29, 0.717) is 16.8 Å². The Hall–Kier alpha value is -3.19. The summed E-state index contributed by atoms with van der Waals surface area (Å²) >= 11 is 0. The Balaban J connectivity index is 1.50. The van der Waals surface area contributed by atoms with Crippen molar-refractivity contribution < 1.29 is 14.4 Å². The lowest BCUT2D eigenvalue weighted by atomic mass is 10.0. The fourth-order valence-corrected chi connectivity index (χ4v) is 3.84. The number of piperazine rings is 1. The maximum atomic E-state index is 12.7. The Bertz CT molecular complexity index is 1010. The average molecular weight is 392 g/mol. The first-order valence-corrected chi connectivity index (χ1v) is 9.67. The molecule has 0 radical (unpaired) electrons. The first-order valence-electron chi connectivity index (χ1n) is 9.67. The van der Waals surface area contributed by atoms with Crippen molar-refractivity contribution in [2.45, 2.75) is 6.92 Å². The Morgan fingerprint density at radius 3 is 2.28 bits per heavy atom. The van der Waals surface area contributed by atoms with Gasteiger partial charge in [-0.1, -0.05) is 0 Å². The molecule has 7 heteroatoms. The molecule has 4 rings (SSSR count). The molecule has 1 N–H and O–H groups in total. The van der Waals surface area contributed by atoms with Crippen molar-refractivity contribution in [3.8, 4) is 0 Å². The maximum Gasteiger partial charge on any atom is 0.261 e. The molecule has 1 fully saturated rings. The van der Waals surface area contributed by atoms with Crippen molar-refractivity contribution in [3.63, 3.8) is 0 Å². The van der Waals surface area contributed by atoms with Crippen molar-refractivity contribution >= 4 is 29.1 Å². The number of nitrogens with one attached hydrogen (secondary N) is 1. The summed E-state index contributed by atoms with van der Waals surface area (Å²) in [5, 5.41) is 2.89. The molecule has 0 saturated carbocycles. The first kappa shape index (κ1) is 19.1. The summed E-state index contributed by atoms with van der Waals surface area (Å²) in [4.78, 5) is 42.6. The molecule has 150 valence electrons. The van der Waals surface area contributed by atoms with Gasteiger partial charge in [-0.2, -0.15) is 0 Å². The molecule has 1 saturated heterocycles. The Morgan fingerprint density at radius 1 is 0.897 bits per heavy atom. The molecule has 2 aromatic carbocycles. The van der Waals surface area contributed by atoms with Gasteiger partial charge in [0, 0.05) is 50.2 Å². The fraction of sp³-hybridized carbons (Fsp3) is 0.318. The van der Waals surface area contributed by atoms with Gasteiger partial charge in [-0.25, -0.2) is 0 Å². The summed E-state index contributed by atoms with van der Waals surface area (Å²) < 4.78 is 0. The summed E-state index contributed by atoms with van der Waals surface area (Å²) in [6.07, 6.45) is 0. The predicted molar refractivity (Wildman–Crippen MR) is 112 cm³/mol. The third-order valence-electron chi connectivity index (χ3n) is 5.65. The number of imide groups is 1. The SMILES string of the molecule is Cc1cc(NC(=O)c2ccc3c(c2)C(=O)N(C)C3=O)ccc1N1CCN(C)CC1. The molecule has 0 bridgehead atoms. The monoisotopic (exact) mass is 392 g/mol. The zero-order valence-corrected chi connectivity index (χ0v) is 16.9. The lowest BCUT2D eigenvalue weighted by molar-refractivity contribution is 0.0693. The molecule has 2 aromatic rings. The number of aryl methyl sites for hydroxylation is 1. The number of carbonyl (C=O) groups is 3. The lowest BCUT2D eigenvalue weighted by Crippen LogP contribution is -2.44. The highest BCUT2D eigenvalue weighted by atomic mass is 16.2. The summed E-state index contributed by atoms with van der Waals surface area (Å²) in [6.45, 7) is 6.08. The summed E-state index contributed by atoms with van der Waals surface area (Å²) in [7, 11) is 3.57. The van der Waals surface area contributed by atoms with Crippen molar-refractivity contribution in [1.29, 1.82) is 0 Å². The van der Waals surface area contributed by atoms with Crippen LogP contribution in [0, 0.1) is 6.92 Å². The summed E-state index contributed by atoms with van der Waals surface area (Å²) in [5.41, 5.74) is 3.93. The van der Waals surface area contributed by atoms with Crippen LogP contribution in [0.5, 0.6) is 0 Å². The Morgan fingerprint density at radius 2 is 1.59 bits per heavy atom. The normalized spacial score (nSPS) is 16.9. The smallest absolute Gasteiger partial charge is 0.261 e. The second-order valence-electron chi connectivity index (χ2n) is 7.68. The Kier molecular flexibility index (Phi) is 4.84. The van der Waals surface area contributed by atoms with Crippen LogP contribution in [-0.2, 0) is 0 Å². The third kappa shape index (κ3) is 3.49. The zero-order valence-electron chi connectivity index (χ0n) is 16.9. The highest BCUT2D eigenvalue weighted by molar-refractivity contribution is 6.22. The van der Waals surface area contributed by atoms with Gasteiger partial charge in [-0.05, 0) is 55.9 Å². The number of benzene rings is 2. The van der Waals surface area contributed by atoms with E-state index < -0.39 is 0 Å². The number of rotatable bonds is 3. The quantitative estimate of drug-likeness (QED) is 0.811. The molecule has 2 heterocycles. The zero-order chi connectivity index (χ0) is 20.7. The predicted octanol–water partition coefficient (Wildman–Crippen LogP) is 2.22. The first-order chi connectivity index (χ1) is 13.8. The van der Waals surface area contributed by atoms with E-state index in [2.05, 4.69) is 22.2 Å². The number of amides is 3. The van der Waals surface area contributed by atoms with Gasteiger partial charge in [0.05, 0.1) is 11.1 Å². The highest BCUT2D eigenvalue weighted by Crippen LogP contribution is 2.26. The number of fused-ring (bicyclic) bond motifs is 1. The number of likely N-dealkylation sites (N-methyl/N-ethyl adjacent to an activating group) is 1. The van der Waals surface area contributed by atoms with Gasteiger partial charge in [0.1, 0.15) is 0 Å². The van der Waals surface area contributed by atoms with Gasteiger partial charge in [0.2, 0.25) is 0 Å². The highest BCUT2D eigenvalue weighted by Gasteiger charge is 2.33. The minimum absolute atomic E-state index is 0.270. The van der Waals surface area contributed by atoms with Crippen LogP contribution in [0.15, 0.2) is 36.4 Å². The summed E-state index contributed by atoms with van der Waals surface area (Å²) in [6, 6.07) is 10.5. The van der Waals surface area contributed by atoms with Gasteiger partial charge < -0.3 is 15.1 Å². The van der Waals surface area contributed by atoms with Crippen LogP contribution in [0.1, 0.15) is 36.6 Å². The van der Waals surface area contributed by atoms with E-state index in [4.69, 9.17) is 0 Å². The van der Waals surface area contributed by atoms with Crippen LogP contribution in [0.2, 0.25) is 0 Å². The van der Waals surface area contributed by atoms with Crippen molar-refractivity contribution in [1.82, 2.24) is 9.80 Å². The van der Waals surface area contributed by atoms with Crippen LogP contribution in [0.3, 0.4) is 0 Å². The van der Waals surface area contributed by atoms with Gasteiger partial charge in [-0.15, -0.1) is 0 Å². The van der Waals surface area contributed by atoms with Crippen molar-refractivity contribution in [2.75, 3.05) is 50.5 Å². The molecule has 3 amide bonds. The van der Waals surface area contributed by atoms with E-state index in [1.807, 2.05) is 25.1 Å². The molecule has 2 aliphatic rings. The van der Waals surface area contributed by atoms with Gasteiger partial charge in [0.15, 0.2) is 0 Å². The van der Waals surface area contributed by atoms with E-state index in [9.17, 15) is 14.4 Å². The number of carbonyl (C=O) groups excluding carboxylic acids is 3. The van der Waals surface area contributed by atoms with Crippen LogP contribution < -0.4 is 10.2 Å². The number of anilines is 2. The molecule has 0 aliphatic carbocycles. The van der Waals surface area contributed by atoms with Gasteiger partial charge >= 0.3 is 0 Å².